The molecule has 0 spiro atoms. The first-order valence-corrected chi connectivity index (χ1v) is 8.35. The van der Waals surface area contributed by atoms with E-state index in [9.17, 15) is 0 Å². The van der Waals surface area contributed by atoms with Crippen LogP contribution < -0.4 is 15.4 Å². The maximum Gasteiger partial charge on any atom is 0.191 e. The molecule has 2 aromatic rings. The van der Waals surface area contributed by atoms with Crippen molar-refractivity contribution in [1.82, 2.24) is 10.6 Å². The first-order valence-electron chi connectivity index (χ1n) is 8.35. The molecule has 1 unspecified atom stereocenters. The van der Waals surface area contributed by atoms with E-state index in [2.05, 4.69) is 58.9 Å². The molecule has 0 bridgehead atoms. The number of hydrogen-bond acceptors (Lipinski definition) is 2. The summed E-state index contributed by atoms with van der Waals surface area (Å²) < 4.78 is 5.25. The van der Waals surface area contributed by atoms with Crippen molar-refractivity contribution in [3.63, 3.8) is 0 Å². The van der Waals surface area contributed by atoms with Crippen molar-refractivity contribution in [3.8, 4) is 5.75 Å². The van der Waals surface area contributed by atoms with Crippen LogP contribution in [0, 0.1) is 0 Å². The van der Waals surface area contributed by atoms with Crippen LogP contribution in [0.3, 0.4) is 0 Å². The van der Waals surface area contributed by atoms with E-state index in [1.807, 2.05) is 18.2 Å². The number of nitrogens with zero attached hydrogens (tertiary/aromatic N) is 1. The molecule has 136 valence electrons. The Morgan fingerprint density at radius 3 is 2.48 bits per heavy atom. The van der Waals surface area contributed by atoms with Gasteiger partial charge < -0.3 is 15.4 Å². The van der Waals surface area contributed by atoms with E-state index in [4.69, 9.17) is 4.74 Å². The molecule has 2 rings (SSSR count). The normalized spacial score (nSPS) is 12.0. The third kappa shape index (κ3) is 7.77. The summed E-state index contributed by atoms with van der Waals surface area (Å²) in [7, 11) is 3.48. The Bertz CT molecular complexity index is 646. The van der Waals surface area contributed by atoms with Gasteiger partial charge in [-0.15, -0.1) is 24.0 Å². The van der Waals surface area contributed by atoms with Crippen molar-refractivity contribution in [3.05, 3.63) is 65.7 Å². The Kier molecular flexibility index (Phi) is 9.99. The maximum atomic E-state index is 5.25. The first-order chi connectivity index (χ1) is 11.7. The zero-order chi connectivity index (χ0) is 17.2. The molecule has 0 saturated carbocycles. The number of rotatable bonds is 7. The Morgan fingerprint density at radius 1 is 1.08 bits per heavy atom. The van der Waals surface area contributed by atoms with Crippen LogP contribution in [0.2, 0.25) is 0 Å². The summed E-state index contributed by atoms with van der Waals surface area (Å²) in [6.07, 6.45) is 2.12. The highest BCUT2D eigenvalue weighted by Crippen LogP contribution is 2.12. The predicted octanol–water partition coefficient (Wildman–Crippen LogP) is 4.00. The van der Waals surface area contributed by atoms with Gasteiger partial charge in [-0.25, -0.2) is 0 Å². The molecule has 0 saturated heterocycles. The smallest absolute Gasteiger partial charge is 0.191 e. The van der Waals surface area contributed by atoms with Gasteiger partial charge >= 0.3 is 0 Å². The fourth-order valence-corrected chi connectivity index (χ4v) is 2.50. The number of methoxy groups -OCH3 is 1. The molecule has 0 radical (unpaired) electrons. The number of hydrogen-bond donors (Lipinski definition) is 2. The molecule has 2 N–H and O–H groups in total. The largest absolute Gasteiger partial charge is 0.497 e. The number of benzene rings is 2. The molecule has 0 fully saturated rings. The summed E-state index contributed by atoms with van der Waals surface area (Å²) in [5, 5.41) is 6.79. The molecule has 0 aliphatic carbocycles. The van der Waals surface area contributed by atoms with E-state index in [0.717, 1.165) is 30.1 Å². The van der Waals surface area contributed by atoms with Gasteiger partial charge in [0, 0.05) is 19.6 Å². The molecular weight excluding hydrogens is 425 g/mol. The second-order valence-corrected chi connectivity index (χ2v) is 5.85. The number of aryl methyl sites for hydroxylation is 1. The molecule has 0 aliphatic rings. The summed E-state index contributed by atoms with van der Waals surface area (Å²) >= 11 is 0. The molecule has 0 amide bonds. The topological polar surface area (TPSA) is 45.7 Å². The minimum absolute atomic E-state index is 0. The standard InChI is InChI=1S/C20H27N3O.HI/c1-16(12-13-17-8-5-4-6-9-17)23-20(21-2)22-15-18-10-7-11-19(14-18)24-3;/h4-11,14,16H,12-13,15H2,1-3H3,(H2,21,22,23);1H. The van der Waals surface area contributed by atoms with E-state index < -0.39 is 0 Å². The van der Waals surface area contributed by atoms with Gasteiger partial charge in [-0.3, -0.25) is 4.99 Å². The zero-order valence-electron chi connectivity index (χ0n) is 15.2. The lowest BCUT2D eigenvalue weighted by Gasteiger charge is -2.18. The van der Waals surface area contributed by atoms with Crippen molar-refractivity contribution in [2.75, 3.05) is 14.2 Å². The van der Waals surface area contributed by atoms with Gasteiger partial charge in [-0.05, 0) is 43.0 Å². The molecule has 1 atom stereocenters. The van der Waals surface area contributed by atoms with Gasteiger partial charge in [0.2, 0.25) is 0 Å². The Balaban J connectivity index is 0.00000312. The van der Waals surface area contributed by atoms with Crippen LogP contribution in [0.25, 0.3) is 0 Å². The molecule has 0 heterocycles. The van der Waals surface area contributed by atoms with Crippen LogP contribution in [0.1, 0.15) is 24.5 Å². The fourth-order valence-electron chi connectivity index (χ4n) is 2.50. The van der Waals surface area contributed by atoms with Crippen LogP contribution in [0.15, 0.2) is 59.6 Å². The van der Waals surface area contributed by atoms with E-state index in [1.165, 1.54) is 5.56 Å². The third-order valence-corrected chi connectivity index (χ3v) is 3.91. The second-order valence-electron chi connectivity index (χ2n) is 5.85. The average Bonchev–Trinajstić information content (AvgIpc) is 2.64. The van der Waals surface area contributed by atoms with Crippen molar-refractivity contribution in [2.24, 2.45) is 4.99 Å². The molecular formula is C20H28IN3O. The highest BCUT2D eigenvalue weighted by atomic mass is 127. The highest BCUT2D eigenvalue weighted by Gasteiger charge is 2.06. The summed E-state index contributed by atoms with van der Waals surface area (Å²) in [4.78, 5) is 4.30. The van der Waals surface area contributed by atoms with E-state index >= 15 is 0 Å². The monoisotopic (exact) mass is 453 g/mol. The fraction of sp³-hybridized carbons (Fsp3) is 0.350. The Hall–Kier alpha value is -1.76. The molecule has 0 aromatic heterocycles. The van der Waals surface area contributed by atoms with Crippen molar-refractivity contribution >= 4 is 29.9 Å². The van der Waals surface area contributed by atoms with Crippen LogP contribution >= 0.6 is 24.0 Å². The summed E-state index contributed by atoms with van der Waals surface area (Å²) in [5.74, 6) is 1.69. The lowest BCUT2D eigenvalue weighted by atomic mass is 10.1. The predicted molar refractivity (Wildman–Crippen MR) is 116 cm³/mol. The first kappa shape index (κ1) is 21.3. The minimum Gasteiger partial charge on any atom is -0.497 e. The number of ether oxygens (including phenoxy) is 1. The number of halogens is 1. The van der Waals surface area contributed by atoms with Crippen LogP contribution in [-0.2, 0) is 13.0 Å². The van der Waals surface area contributed by atoms with Crippen molar-refractivity contribution in [2.45, 2.75) is 32.4 Å². The molecule has 2 aromatic carbocycles. The summed E-state index contributed by atoms with van der Waals surface area (Å²) in [5.41, 5.74) is 2.53. The van der Waals surface area contributed by atoms with Crippen LogP contribution in [-0.4, -0.2) is 26.2 Å². The van der Waals surface area contributed by atoms with Crippen molar-refractivity contribution in [1.29, 1.82) is 0 Å². The Labute approximate surface area is 168 Å². The number of guanidine groups is 1. The molecule has 0 aliphatic heterocycles. The summed E-state index contributed by atoms with van der Waals surface area (Å²) in [6.45, 7) is 2.89. The highest BCUT2D eigenvalue weighted by molar-refractivity contribution is 14.0. The molecule has 4 nitrogen and oxygen atoms in total. The van der Waals surface area contributed by atoms with Crippen molar-refractivity contribution < 1.29 is 4.74 Å². The minimum atomic E-state index is 0. The molecule has 25 heavy (non-hydrogen) atoms. The quantitative estimate of drug-likeness (QED) is 0.379. The average molecular weight is 453 g/mol. The maximum absolute atomic E-state index is 5.25. The van der Waals surface area contributed by atoms with Gasteiger partial charge in [-0.1, -0.05) is 42.5 Å². The number of nitrogens with one attached hydrogen (secondary N) is 2. The van der Waals surface area contributed by atoms with E-state index in [-0.39, 0.29) is 24.0 Å². The Morgan fingerprint density at radius 2 is 1.80 bits per heavy atom. The van der Waals surface area contributed by atoms with Gasteiger partial charge in [0.15, 0.2) is 5.96 Å². The summed E-state index contributed by atoms with van der Waals surface area (Å²) in [6, 6.07) is 18.9. The molecule has 5 heteroatoms. The lowest BCUT2D eigenvalue weighted by molar-refractivity contribution is 0.414. The van der Waals surface area contributed by atoms with Crippen LogP contribution in [0.4, 0.5) is 0 Å². The van der Waals surface area contributed by atoms with Gasteiger partial charge in [0.05, 0.1) is 7.11 Å². The van der Waals surface area contributed by atoms with Gasteiger partial charge in [0.1, 0.15) is 5.75 Å². The SMILES string of the molecule is CN=C(NCc1cccc(OC)c1)NC(C)CCc1ccccc1.I. The van der Waals surface area contributed by atoms with Crippen LogP contribution in [0.5, 0.6) is 5.75 Å². The van der Waals surface area contributed by atoms with E-state index in [0.29, 0.717) is 12.6 Å². The van der Waals surface area contributed by atoms with Gasteiger partial charge in [-0.2, -0.15) is 0 Å². The van der Waals surface area contributed by atoms with Gasteiger partial charge in [0.25, 0.3) is 0 Å². The van der Waals surface area contributed by atoms with E-state index in [1.54, 1.807) is 14.2 Å². The second kappa shape index (κ2) is 11.7. The zero-order valence-corrected chi connectivity index (χ0v) is 17.5. The third-order valence-electron chi connectivity index (χ3n) is 3.91. The number of aliphatic imine (C=N–C) groups is 1. The lowest BCUT2D eigenvalue weighted by Crippen LogP contribution is -2.42.